The molecule has 19 heavy (non-hydrogen) atoms. The highest BCUT2D eigenvalue weighted by Crippen LogP contribution is 2.18. The SMILES string of the molecule is O=C(CBr)Nc1ccccc1C(=O)c1ccccn1. The van der Waals surface area contributed by atoms with Crippen LogP contribution in [0.3, 0.4) is 0 Å². The minimum absolute atomic E-state index is 0.180. The van der Waals surface area contributed by atoms with Crippen molar-refractivity contribution >= 4 is 33.3 Å². The van der Waals surface area contributed by atoms with E-state index in [-0.39, 0.29) is 17.0 Å². The fourth-order valence-electron chi connectivity index (χ4n) is 1.61. The van der Waals surface area contributed by atoms with Crippen LogP contribution in [-0.2, 0) is 4.79 Å². The van der Waals surface area contributed by atoms with Gasteiger partial charge >= 0.3 is 0 Å². The number of amides is 1. The summed E-state index contributed by atoms with van der Waals surface area (Å²) >= 11 is 3.07. The van der Waals surface area contributed by atoms with Crippen LogP contribution in [0.1, 0.15) is 16.1 Å². The molecular formula is C14H11BrN2O2. The number of ketones is 1. The number of aromatic nitrogens is 1. The van der Waals surface area contributed by atoms with Crippen molar-refractivity contribution in [3.05, 3.63) is 59.9 Å². The van der Waals surface area contributed by atoms with Crippen LogP contribution in [0.25, 0.3) is 0 Å². The summed E-state index contributed by atoms with van der Waals surface area (Å²) in [6.45, 7) is 0. The molecule has 4 nitrogen and oxygen atoms in total. The van der Waals surface area contributed by atoms with Gasteiger partial charge in [-0.25, -0.2) is 0 Å². The van der Waals surface area contributed by atoms with E-state index in [4.69, 9.17) is 0 Å². The van der Waals surface area contributed by atoms with Gasteiger partial charge in [0.2, 0.25) is 11.7 Å². The first-order valence-corrected chi connectivity index (χ1v) is 6.75. The first-order chi connectivity index (χ1) is 9.22. The van der Waals surface area contributed by atoms with Gasteiger partial charge in [0.1, 0.15) is 5.69 Å². The van der Waals surface area contributed by atoms with Gasteiger partial charge in [0, 0.05) is 11.8 Å². The predicted octanol–water partition coefficient (Wildman–Crippen LogP) is 2.65. The fraction of sp³-hybridized carbons (Fsp3) is 0.0714. The Morgan fingerprint density at radius 3 is 2.53 bits per heavy atom. The smallest absolute Gasteiger partial charge is 0.235 e. The Morgan fingerprint density at radius 1 is 1.11 bits per heavy atom. The zero-order valence-corrected chi connectivity index (χ0v) is 11.6. The highest BCUT2D eigenvalue weighted by molar-refractivity contribution is 9.09. The molecule has 0 radical (unpaired) electrons. The number of halogens is 1. The molecule has 0 saturated heterocycles. The van der Waals surface area contributed by atoms with Crippen molar-refractivity contribution in [2.24, 2.45) is 0 Å². The number of rotatable bonds is 4. The van der Waals surface area contributed by atoms with E-state index >= 15 is 0 Å². The van der Waals surface area contributed by atoms with Crippen molar-refractivity contribution < 1.29 is 9.59 Å². The zero-order chi connectivity index (χ0) is 13.7. The Bertz CT molecular complexity index is 599. The van der Waals surface area contributed by atoms with Gasteiger partial charge in [0.05, 0.1) is 11.0 Å². The summed E-state index contributed by atoms with van der Waals surface area (Å²) in [7, 11) is 0. The lowest BCUT2D eigenvalue weighted by Gasteiger charge is -2.08. The lowest BCUT2D eigenvalue weighted by Crippen LogP contribution is -2.16. The van der Waals surface area contributed by atoms with E-state index in [2.05, 4.69) is 26.2 Å². The predicted molar refractivity (Wildman–Crippen MR) is 76.5 cm³/mol. The number of carbonyl (C=O) groups is 2. The quantitative estimate of drug-likeness (QED) is 0.696. The van der Waals surface area contributed by atoms with Crippen molar-refractivity contribution in [3.63, 3.8) is 0 Å². The average molecular weight is 319 g/mol. The third-order valence-electron chi connectivity index (χ3n) is 2.46. The molecule has 0 atom stereocenters. The number of pyridine rings is 1. The number of hydrogen-bond acceptors (Lipinski definition) is 3. The fourth-order valence-corrected chi connectivity index (χ4v) is 1.75. The maximum absolute atomic E-state index is 12.3. The number of nitrogens with one attached hydrogen (secondary N) is 1. The Morgan fingerprint density at radius 2 is 1.84 bits per heavy atom. The van der Waals surface area contributed by atoms with Gasteiger partial charge in [-0.2, -0.15) is 0 Å². The molecule has 0 saturated carbocycles. The van der Waals surface area contributed by atoms with E-state index in [1.807, 2.05) is 0 Å². The van der Waals surface area contributed by atoms with Crippen LogP contribution in [0, 0.1) is 0 Å². The normalized spacial score (nSPS) is 9.95. The molecule has 0 aliphatic heterocycles. The van der Waals surface area contributed by atoms with E-state index in [1.54, 1.807) is 48.7 Å². The van der Waals surface area contributed by atoms with Crippen LogP contribution < -0.4 is 5.32 Å². The van der Waals surface area contributed by atoms with Gasteiger partial charge in [-0.05, 0) is 24.3 Å². The summed E-state index contributed by atoms with van der Waals surface area (Å²) in [5.74, 6) is -0.424. The second-order valence-electron chi connectivity index (χ2n) is 3.77. The van der Waals surface area contributed by atoms with Crippen LogP contribution in [0.2, 0.25) is 0 Å². The molecule has 1 amide bonds. The van der Waals surface area contributed by atoms with Gasteiger partial charge in [0.15, 0.2) is 0 Å². The van der Waals surface area contributed by atoms with Crippen LogP contribution in [0.5, 0.6) is 0 Å². The lowest BCUT2D eigenvalue weighted by atomic mass is 10.1. The van der Waals surface area contributed by atoms with Crippen molar-refractivity contribution in [1.82, 2.24) is 4.98 Å². The molecule has 1 aromatic carbocycles. The summed E-state index contributed by atoms with van der Waals surface area (Å²) in [5, 5.41) is 2.86. The highest BCUT2D eigenvalue weighted by atomic mass is 79.9. The van der Waals surface area contributed by atoms with Crippen LogP contribution >= 0.6 is 15.9 Å². The number of carbonyl (C=O) groups excluding carboxylic acids is 2. The molecule has 0 bridgehead atoms. The summed E-state index contributed by atoms with van der Waals surface area (Å²) in [4.78, 5) is 27.7. The molecule has 1 heterocycles. The largest absolute Gasteiger partial charge is 0.325 e. The third-order valence-corrected chi connectivity index (χ3v) is 2.97. The van der Waals surface area contributed by atoms with Crippen molar-refractivity contribution in [2.75, 3.05) is 10.6 Å². The number of nitrogens with zero attached hydrogens (tertiary/aromatic N) is 1. The first-order valence-electron chi connectivity index (χ1n) is 5.63. The van der Waals surface area contributed by atoms with E-state index < -0.39 is 0 Å². The van der Waals surface area contributed by atoms with E-state index in [0.717, 1.165) is 0 Å². The standard InChI is InChI=1S/C14H11BrN2O2/c15-9-13(18)17-11-6-2-1-5-10(11)14(19)12-7-3-4-8-16-12/h1-8H,9H2,(H,17,18). The van der Waals surface area contributed by atoms with Gasteiger partial charge < -0.3 is 5.32 Å². The maximum atomic E-state index is 12.3. The van der Waals surface area contributed by atoms with Crippen molar-refractivity contribution in [3.8, 4) is 0 Å². The molecule has 1 aromatic heterocycles. The number of anilines is 1. The average Bonchev–Trinajstić information content (AvgIpc) is 2.48. The summed E-state index contributed by atoms with van der Waals surface area (Å²) < 4.78 is 0. The van der Waals surface area contributed by atoms with Gasteiger partial charge in [-0.3, -0.25) is 14.6 Å². The van der Waals surface area contributed by atoms with Crippen LogP contribution in [0.15, 0.2) is 48.7 Å². The molecule has 0 spiro atoms. The second-order valence-corrected chi connectivity index (χ2v) is 4.33. The van der Waals surface area contributed by atoms with E-state index in [9.17, 15) is 9.59 Å². The van der Waals surface area contributed by atoms with Crippen LogP contribution in [-0.4, -0.2) is 22.0 Å². The Kier molecular flexibility index (Phi) is 4.41. The van der Waals surface area contributed by atoms with Crippen molar-refractivity contribution in [1.29, 1.82) is 0 Å². The topological polar surface area (TPSA) is 59.1 Å². The Hall–Kier alpha value is -2.01. The number of para-hydroxylation sites is 1. The van der Waals surface area contributed by atoms with E-state index in [0.29, 0.717) is 16.9 Å². The van der Waals surface area contributed by atoms with Gasteiger partial charge in [-0.15, -0.1) is 0 Å². The molecule has 96 valence electrons. The minimum Gasteiger partial charge on any atom is -0.325 e. The highest BCUT2D eigenvalue weighted by Gasteiger charge is 2.15. The first kappa shape index (κ1) is 13.4. The molecule has 0 aliphatic rings. The molecule has 0 fully saturated rings. The summed E-state index contributed by atoms with van der Waals surface area (Å²) in [6, 6.07) is 12.0. The van der Waals surface area contributed by atoms with E-state index in [1.165, 1.54) is 0 Å². The second kappa shape index (κ2) is 6.24. The number of benzene rings is 1. The Balaban J connectivity index is 2.35. The monoisotopic (exact) mass is 318 g/mol. The molecule has 1 N–H and O–H groups in total. The molecule has 2 aromatic rings. The molecular weight excluding hydrogens is 308 g/mol. The van der Waals surface area contributed by atoms with Gasteiger partial charge in [0.25, 0.3) is 0 Å². The lowest BCUT2D eigenvalue weighted by molar-refractivity contribution is -0.113. The maximum Gasteiger partial charge on any atom is 0.235 e. The summed E-state index contributed by atoms with van der Waals surface area (Å²) in [6.07, 6.45) is 1.56. The zero-order valence-electron chi connectivity index (χ0n) is 9.97. The van der Waals surface area contributed by atoms with Crippen LogP contribution in [0.4, 0.5) is 5.69 Å². The molecule has 0 aliphatic carbocycles. The van der Waals surface area contributed by atoms with Gasteiger partial charge in [-0.1, -0.05) is 34.1 Å². The molecule has 5 heteroatoms. The Labute approximate surface area is 119 Å². The number of hydrogen-bond donors (Lipinski definition) is 1. The van der Waals surface area contributed by atoms with Crippen molar-refractivity contribution in [2.45, 2.75) is 0 Å². The third kappa shape index (κ3) is 3.26. The summed E-state index contributed by atoms with van der Waals surface area (Å²) in [5.41, 5.74) is 1.26. The minimum atomic E-state index is -0.217. The molecule has 0 unspecified atom stereocenters. The molecule has 2 rings (SSSR count). The number of alkyl halides is 1.